The van der Waals surface area contributed by atoms with E-state index in [1.54, 1.807) is 0 Å². The third-order valence-corrected chi connectivity index (χ3v) is 5.05. The van der Waals surface area contributed by atoms with E-state index in [4.69, 9.17) is 24.9 Å². The second-order valence-electron chi connectivity index (χ2n) is 5.45. The molecule has 1 unspecified atom stereocenters. The Bertz CT molecular complexity index is 372. The summed E-state index contributed by atoms with van der Waals surface area (Å²) in [6.45, 7) is 2.86. The maximum atomic E-state index is 11.4. The van der Waals surface area contributed by atoms with E-state index in [1.165, 1.54) is 0 Å². The zero-order valence-corrected chi connectivity index (χ0v) is 12.5. The van der Waals surface area contributed by atoms with Crippen LogP contribution < -0.4 is 0 Å². The Morgan fingerprint density at radius 2 is 2.00 bits per heavy atom. The number of hydrogen-bond acceptors (Lipinski definition) is 5. The van der Waals surface area contributed by atoms with Gasteiger partial charge in [0.05, 0.1) is 25.1 Å². The SMILES string of the molecule is O=S(=O)(Cl)CC1(COCC2CCCO2)CCOCC1. The molecule has 19 heavy (non-hydrogen) atoms. The summed E-state index contributed by atoms with van der Waals surface area (Å²) in [4.78, 5) is 0. The van der Waals surface area contributed by atoms with Gasteiger partial charge in [-0.3, -0.25) is 0 Å². The maximum absolute atomic E-state index is 11.4. The van der Waals surface area contributed by atoms with Crippen LogP contribution in [0.4, 0.5) is 0 Å². The van der Waals surface area contributed by atoms with Crippen molar-refractivity contribution in [1.82, 2.24) is 0 Å². The molecule has 2 aliphatic heterocycles. The highest BCUT2D eigenvalue weighted by atomic mass is 35.7. The first-order chi connectivity index (χ1) is 8.99. The summed E-state index contributed by atoms with van der Waals surface area (Å²) < 4.78 is 39.2. The number of ether oxygens (including phenoxy) is 3. The Balaban J connectivity index is 1.85. The second-order valence-corrected chi connectivity index (χ2v) is 8.22. The lowest BCUT2D eigenvalue weighted by Crippen LogP contribution is -2.39. The molecular formula is C12H21ClO5S. The summed E-state index contributed by atoms with van der Waals surface area (Å²) in [5.74, 6) is -0.0452. The highest BCUT2D eigenvalue weighted by Crippen LogP contribution is 2.33. The lowest BCUT2D eigenvalue weighted by atomic mass is 9.83. The lowest BCUT2D eigenvalue weighted by Gasteiger charge is -2.36. The molecule has 112 valence electrons. The molecule has 0 aromatic carbocycles. The molecule has 5 nitrogen and oxygen atoms in total. The third kappa shape index (κ3) is 5.19. The molecule has 2 rings (SSSR count). The van der Waals surface area contributed by atoms with Crippen molar-refractivity contribution in [2.75, 3.05) is 38.8 Å². The van der Waals surface area contributed by atoms with Crippen molar-refractivity contribution in [3.63, 3.8) is 0 Å². The smallest absolute Gasteiger partial charge is 0.233 e. The molecule has 0 aromatic rings. The molecule has 0 amide bonds. The molecular weight excluding hydrogens is 292 g/mol. The van der Waals surface area contributed by atoms with Crippen LogP contribution in [0.3, 0.4) is 0 Å². The molecule has 0 bridgehead atoms. The summed E-state index contributed by atoms with van der Waals surface area (Å²) >= 11 is 0. The van der Waals surface area contributed by atoms with Crippen LogP contribution in [0.1, 0.15) is 25.7 Å². The molecule has 0 N–H and O–H groups in total. The minimum Gasteiger partial charge on any atom is -0.381 e. The predicted octanol–water partition coefficient (Wildman–Crippen LogP) is 1.55. The maximum Gasteiger partial charge on any atom is 0.233 e. The Hall–Kier alpha value is 0.120. The van der Waals surface area contributed by atoms with Gasteiger partial charge in [-0.05, 0) is 25.7 Å². The predicted molar refractivity (Wildman–Crippen MR) is 71.9 cm³/mol. The molecule has 2 fully saturated rings. The van der Waals surface area contributed by atoms with Crippen LogP contribution in [-0.4, -0.2) is 53.3 Å². The molecule has 0 aromatic heterocycles. The normalized spacial score (nSPS) is 27.5. The molecule has 1 atom stereocenters. The van der Waals surface area contributed by atoms with E-state index in [0.29, 0.717) is 39.3 Å². The van der Waals surface area contributed by atoms with E-state index in [0.717, 1.165) is 19.4 Å². The zero-order valence-electron chi connectivity index (χ0n) is 11.0. The van der Waals surface area contributed by atoms with Crippen LogP contribution in [0.15, 0.2) is 0 Å². The first-order valence-electron chi connectivity index (χ1n) is 6.69. The van der Waals surface area contributed by atoms with Crippen molar-refractivity contribution < 1.29 is 22.6 Å². The molecule has 2 saturated heterocycles. The average molecular weight is 313 g/mol. The minimum atomic E-state index is -3.53. The second kappa shape index (κ2) is 6.72. The summed E-state index contributed by atoms with van der Waals surface area (Å²) in [5.41, 5.74) is -0.405. The van der Waals surface area contributed by atoms with Crippen LogP contribution in [-0.2, 0) is 23.3 Å². The van der Waals surface area contributed by atoms with Gasteiger partial charge in [0.15, 0.2) is 0 Å². The van der Waals surface area contributed by atoms with Crippen LogP contribution in [0.5, 0.6) is 0 Å². The molecule has 0 saturated carbocycles. The van der Waals surface area contributed by atoms with E-state index in [-0.39, 0.29) is 11.9 Å². The van der Waals surface area contributed by atoms with Gasteiger partial charge in [0, 0.05) is 35.9 Å². The third-order valence-electron chi connectivity index (χ3n) is 3.77. The van der Waals surface area contributed by atoms with Gasteiger partial charge in [0.2, 0.25) is 9.05 Å². The fourth-order valence-corrected chi connectivity index (χ4v) is 4.48. The quantitative estimate of drug-likeness (QED) is 0.696. The standard InChI is InChI=1S/C12H21ClO5S/c13-19(14,15)10-12(3-6-16-7-4-12)9-17-8-11-2-1-5-18-11/h11H,1-10H2. The molecule has 0 radical (unpaired) electrons. The van der Waals surface area contributed by atoms with Crippen LogP contribution in [0.2, 0.25) is 0 Å². The van der Waals surface area contributed by atoms with Gasteiger partial charge in [-0.2, -0.15) is 0 Å². The Labute approximate surface area is 119 Å². The van der Waals surface area contributed by atoms with Crippen molar-refractivity contribution in [3.8, 4) is 0 Å². The molecule has 7 heteroatoms. The van der Waals surface area contributed by atoms with Crippen molar-refractivity contribution in [3.05, 3.63) is 0 Å². The number of rotatable bonds is 6. The highest BCUT2D eigenvalue weighted by molar-refractivity contribution is 8.13. The van der Waals surface area contributed by atoms with Crippen molar-refractivity contribution in [1.29, 1.82) is 0 Å². The molecule has 2 heterocycles. The van der Waals surface area contributed by atoms with Crippen LogP contribution >= 0.6 is 10.7 Å². The fraction of sp³-hybridized carbons (Fsp3) is 1.00. The summed E-state index contributed by atoms with van der Waals surface area (Å²) in [6, 6.07) is 0. The van der Waals surface area contributed by atoms with Gasteiger partial charge in [-0.25, -0.2) is 8.42 Å². The van der Waals surface area contributed by atoms with Crippen LogP contribution in [0.25, 0.3) is 0 Å². The van der Waals surface area contributed by atoms with Crippen LogP contribution in [0, 0.1) is 5.41 Å². The Morgan fingerprint density at radius 1 is 1.26 bits per heavy atom. The topological polar surface area (TPSA) is 61.8 Å². The lowest BCUT2D eigenvalue weighted by molar-refractivity contribution is -0.0509. The monoisotopic (exact) mass is 312 g/mol. The van der Waals surface area contributed by atoms with E-state index in [2.05, 4.69) is 0 Å². The van der Waals surface area contributed by atoms with E-state index in [9.17, 15) is 8.42 Å². The largest absolute Gasteiger partial charge is 0.381 e. The molecule has 2 aliphatic rings. The van der Waals surface area contributed by atoms with Gasteiger partial charge >= 0.3 is 0 Å². The Kier molecular flexibility index (Phi) is 5.48. The number of halogens is 1. The van der Waals surface area contributed by atoms with E-state index in [1.807, 2.05) is 0 Å². The number of hydrogen-bond donors (Lipinski definition) is 0. The minimum absolute atomic E-state index is 0.0452. The van der Waals surface area contributed by atoms with Gasteiger partial charge < -0.3 is 14.2 Å². The molecule has 0 spiro atoms. The first-order valence-corrected chi connectivity index (χ1v) is 9.16. The van der Waals surface area contributed by atoms with Gasteiger partial charge in [-0.15, -0.1) is 0 Å². The fourth-order valence-electron chi connectivity index (χ4n) is 2.68. The Morgan fingerprint density at radius 3 is 2.58 bits per heavy atom. The van der Waals surface area contributed by atoms with Crippen molar-refractivity contribution in [2.45, 2.75) is 31.8 Å². The summed E-state index contributed by atoms with van der Waals surface area (Å²) in [5, 5.41) is 0. The van der Waals surface area contributed by atoms with Crippen molar-refractivity contribution >= 4 is 19.7 Å². The van der Waals surface area contributed by atoms with E-state index >= 15 is 0 Å². The van der Waals surface area contributed by atoms with Gasteiger partial charge in [-0.1, -0.05) is 0 Å². The van der Waals surface area contributed by atoms with Gasteiger partial charge in [0.25, 0.3) is 0 Å². The van der Waals surface area contributed by atoms with Crippen molar-refractivity contribution in [2.24, 2.45) is 5.41 Å². The summed E-state index contributed by atoms with van der Waals surface area (Å²) in [6.07, 6.45) is 3.59. The average Bonchev–Trinajstić information content (AvgIpc) is 2.81. The zero-order chi connectivity index (χ0) is 13.8. The summed E-state index contributed by atoms with van der Waals surface area (Å²) in [7, 11) is 1.89. The van der Waals surface area contributed by atoms with E-state index < -0.39 is 14.5 Å². The highest BCUT2D eigenvalue weighted by Gasteiger charge is 2.37. The first kappa shape index (κ1) is 15.5. The van der Waals surface area contributed by atoms with Gasteiger partial charge in [0.1, 0.15) is 0 Å². The molecule has 0 aliphatic carbocycles.